The Morgan fingerprint density at radius 2 is 0.455 bits per heavy atom. The first-order valence-corrected chi connectivity index (χ1v) is 45.5. The highest BCUT2D eigenvalue weighted by Gasteiger charge is 2.30. The lowest BCUT2D eigenvalue weighted by atomic mass is 10.0. The summed E-state index contributed by atoms with van der Waals surface area (Å²) in [7, 11) is -9.92. The molecular weight excluding hydrogens is 1320 g/mol. The van der Waals surface area contributed by atoms with Crippen LogP contribution in [0.2, 0.25) is 0 Å². The Labute approximate surface area is 619 Å². The maximum atomic E-state index is 13.1. The van der Waals surface area contributed by atoms with Gasteiger partial charge in [0, 0.05) is 25.7 Å². The lowest BCUT2D eigenvalue weighted by molar-refractivity contribution is -0.161. The molecule has 0 fully saturated rings. The molecule has 0 saturated heterocycles. The quantitative estimate of drug-likeness (QED) is 0.0222. The minimum Gasteiger partial charge on any atom is -0.462 e. The molecule has 0 bridgehead atoms. The molecular formula is C82H160O17P2. The summed E-state index contributed by atoms with van der Waals surface area (Å²) in [5.74, 6) is -0.652. The van der Waals surface area contributed by atoms with E-state index in [9.17, 15) is 43.2 Å². The molecule has 2 unspecified atom stereocenters. The SMILES string of the molecule is CCCCCCCCCCCCCCCCCCCCCC(=O)OC[C@H](COP(=O)(O)OC[C@@H](O)COP(=O)(O)OC[C@@H](COC(=O)CCCCCCCCCC(C)C)OC(=O)CCCCCCCCCCCCC(C)C)OC(=O)CCCCCCCCCCCCCCCCCCCCC. The van der Waals surface area contributed by atoms with E-state index in [-0.39, 0.29) is 25.7 Å². The van der Waals surface area contributed by atoms with Crippen molar-refractivity contribution in [2.24, 2.45) is 11.8 Å². The average molecular weight is 1480 g/mol. The molecule has 0 spiro atoms. The van der Waals surface area contributed by atoms with Crippen LogP contribution in [0.3, 0.4) is 0 Å². The molecule has 0 amide bonds. The molecule has 0 rings (SSSR count). The van der Waals surface area contributed by atoms with Crippen LogP contribution in [0.5, 0.6) is 0 Å². The van der Waals surface area contributed by atoms with Gasteiger partial charge < -0.3 is 33.8 Å². The van der Waals surface area contributed by atoms with Crippen molar-refractivity contribution in [3.05, 3.63) is 0 Å². The van der Waals surface area contributed by atoms with Crippen molar-refractivity contribution in [1.29, 1.82) is 0 Å². The third-order valence-electron chi connectivity index (χ3n) is 19.2. The predicted molar refractivity (Wildman–Crippen MR) is 414 cm³/mol. The van der Waals surface area contributed by atoms with Gasteiger partial charge in [-0.3, -0.25) is 37.3 Å². The van der Waals surface area contributed by atoms with Gasteiger partial charge in [0.05, 0.1) is 26.4 Å². The number of esters is 4. The van der Waals surface area contributed by atoms with Crippen molar-refractivity contribution in [3.63, 3.8) is 0 Å². The Kier molecular flexibility index (Phi) is 72.2. The highest BCUT2D eigenvalue weighted by atomic mass is 31.2. The van der Waals surface area contributed by atoms with Crippen LogP contribution in [-0.2, 0) is 65.4 Å². The normalized spacial score (nSPS) is 13.9. The molecule has 19 heteroatoms. The smallest absolute Gasteiger partial charge is 0.462 e. The van der Waals surface area contributed by atoms with Gasteiger partial charge in [0.25, 0.3) is 0 Å². The van der Waals surface area contributed by atoms with E-state index >= 15 is 0 Å². The summed E-state index contributed by atoms with van der Waals surface area (Å²) >= 11 is 0. The summed E-state index contributed by atoms with van der Waals surface area (Å²) in [6.07, 6.45) is 64.0. The molecule has 3 N–H and O–H groups in total. The third-order valence-corrected chi connectivity index (χ3v) is 21.1. The van der Waals surface area contributed by atoms with E-state index in [1.165, 1.54) is 244 Å². The van der Waals surface area contributed by atoms with E-state index in [0.717, 1.165) is 102 Å². The number of hydrogen-bond donors (Lipinski definition) is 3. The van der Waals surface area contributed by atoms with Crippen molar-refractivity contribution in [3.8, 4) is 0 Å². The van der Waals surface area contributed by atoms with Gasteiger partial charge >= 0.3 is 39.5 Å². The Morgan fingerprint density at radius 1 is 0.267 bits per heavy atom. The van der Waals surface area contributed by atoms with Gasteiger partial charge in [-0.25, -0.2) is 9.13 Å². The first kappa shape index (κ1) is 99.1. The van der Waals surface area contributed by atoms with E-state index in [4.69, 9.17) is 37.0 Å². The Morgan fingerprint density at radius 3 is 0.673 bits per heavy atom. The first-order valence-electron chi connectivity index (χ1n) is 42.5. The molecule has 0 aromatic carbocycles. The maximum absolute atomic E-state index is 13.1. The fraction of sp³-hybridized carbons (Fsp3) is 0.951. The number of ether oxygens (including phenoxy) is 4. The Hall–Kier alpha value is -1.94. The number of phosphoric ester groups is 2. The summed E-state index contributed by atoms with van der Waals surface area (Å²) < 4.78 is 68.7. The Balaban J connectivity index is 5.22. The van der Waals surface area contributed by atoms with Crippen molar-refractivity contribution in [2.45, 2.75) is 452 Å². The fourth-order valence-electron chi connectivity index (χ4n) is 12.7. The van der Waals surface area contributed by atoms with Gasteiger partial charge in [0.2, 0.25) is 0 Å². The number of phosphoric acid groups is 2. The van der Waals surface area contributed by atoms with Crippen LogP contribution in [0.4, 0.5) is 0 Å². The minimum absolute atomic E-state index is 0.105. The van der Waals surface area contributed by atoms with Crippen LogP contribution in [0.25, 0.3) is 0 Å². The monoisotopic (exact) mass is 1480 g/mol. The van der Waals surface area contributed by atoms with Crippen LogP contribution in [0, 0.1) is 11.8 Å². The first-order chi connectivity index (χ1) is 48.9. The summed E-state index contributed by atoms with van der Waals surface area (Å²) in [6.45, 7) is 9.57. The van der Waals surface area contributed by atoms with Gasteiger partial charge in [0.15, 0.2) is 12.2 Å². The van der Waals surface area contributed by atoms with Crippen LogP contribution >= 0.6 is 15.6 Å². The molecule has 0 aliphatic rings. The molecule has 17 nitrogen and oxygen atoms in total. The fourth-order valence-corrected chi connectivity index (χ4v) is 14.3. The van der Waals surface area contributed by atoms with Crippen molar-refractivity contribution in [1.82, 2.24) is 0 Å². The number of aliphatic hydroxyl groups is 1. The van der Waals surface area contributed by atoms with Crippen molar-refractivity contribution in [2.75, 3.05) is 39.6 Å². The second-order valence-corrected chi connectivity index (χ2v) is 33.4. The zero-order valence-corrected chi connectivity index (χ0v) is 68.0. The van der Waals surface area contributed by atoms with Crippen molar-refractivity contribution >= 4 is 39.5 Å². The lowest BCUT2D eigenvalue weighted by Gasteiger charge is -2.21. The molecule has 0 radical (unpaired) electrons. The van der Waals surface area contributed by atoms with Crippen molar-refractivity contribution < 1.29 is 80.2 Å². The largest absolute Gasteiger partial charge is 0.472 e. The molecule has 0 aromatic heterocycles. The van der Waals surface area contributed by atoms with Crippen LogP contribution in [-0.4, -0.2) is 96.7 Å². The predicted octanol–water partition coefficient (Wildman–Crippen LogP) is 24.7. The summed E-state index contributed by atoms with van der Waals surface area (Å²) in [4.78, 5) is 73.0. The number of carbonyl (C=O) groups is 4. The molecule has 0 aliphatic heterocycles. The van der Waals surface area contributed by atoms with Gasteiger partial charge in [0.1, 0.15) is 19.3 Å². The van der Waals surface area contributed by atoms with E-state index in [2.05, 4.69) is 41.5 Å². The zero-order valence-electron chi connectivity index (χ0n) is 66.2. The molecule has 101 heavy (non-hydrogen) atoms. The third kappa shape index (κ3) is 76.1. The topological polar surface area (TPSA) is 237 Å². The minimum atomic E-state index is -4.96. The van der Waals surface area contributed by atoms with Gasteiger partial charge in [-0.05, 0) is 37.5 Å². The summed E-state index contributed by atoms with van der Waals surface area (Å²) in [6, 6.07) is 0. The number of rotatable bonds is 81. The van der Waals surface area contributed by atoms with E-state index in [1.807, 2.05) is 0 Å². The number of unbranched alkanes of at least 4 members (excludes halogenated alkanes) is 51. The summed E-state index contributed by atoms with van der Waals surface area (Å²) in [5, 5.41) is 10.6. The van der Waals surface area contributed by atoms with Crippen LogP contribution < -0.4 is 0 Å². The standard InChI is InChI=1S/C82H160O17P2/c1-7-9-11-13-15-17-19-21-23-25-27-29-31-33-35-40-46-52-58-64-79(84)92-70-77(98-81(86)66-60-54-47-41-36-34-32-30-28-26-24-22-20-18-16-14-12-10-8-2)72-96-100(88,89)94-68-76(83)69-95-101(90,91)97-73-78(71-93-80(85)65-59-53-49-43-45-51-57-63-75(5)6)99-82(87)67-61-55-48-42-38-37-39-44-50-56-62-74(3)4/h74-78,83H,7-73H2,1-6H3,(H,88,89)(H,90,91)/t76-,77-,78-/m1/s1. The molecule has 0 heterocycles. The number of hydrogen-bond acceptors (Lipinski definition) is 15. The second-order valence-electron chi connectivity index (χ2n) is 30.5. The van der Waals surface area contributed by atoms with E-state index in [1.54, 1.807) is 0 Å². The van der Waals surface area contributed by atoms with E-state index in [0.29, 0.717) is 31.6 Å². The highest BCUT2D eigenvalue weighted by Crippen LogP contribution is 2.45. The van der Waals surface area contributed by atoms with Gasteiger partial charge in [-0.15, -0.1) is 0 Å². The summed E-state index contributed by atoms with van der Waals surface area (Å²) in [5.41, 5.74) is 0. The number of carbonyl (C=O) groups excluding carboxylic acids is 4. The molecule has 0 saturated carbocycles. The van der Waals surface area contributed by atoms with Crippen LogP contribution in [0.1, 0.15) is 433 Å². The molecule has 0 aromatic rings. The highest BCUT2D eigenvalue weighted by molar-refractivity contribution is 7.47. The van der Waals surface area contributed by atoms with Gasteiger partial charge in [-0.1, -0.05) is 382 Å². The average Bonchev–Trinajstić information content (AvgIpc) is 0.930. The van der Waals surface area contributed by atoms with Crippen LogP contribution in [0.15, 0.2) is 0 Å². The number of aliphatic hydroxyl groups excluding tert-OH is 1. The molecule has 0 aliphatic carbocycles. The Bertz CT molecular complexity index is 1940. The molecule has 600 valence electrons. The molecule has 5 atom stereocenters. The zero-order chi connectivity index (χ0) is 74.2. The van der Waals surface area contributed by atoms with Gasteiger partial charge in [-0.2, -0.15) is 0 Å². The van der Waals surface area contributed by atoms with E-state index < -0.39 is 97.5 Å². The maximum Gasteiger partial charge on any atom is 0.472 e. The second kappa shape index (κ2) is 73.6. The lowest BCUT2D eigenvalue weighted by Crippen LogP contribution is -2.30.